The number of amides is 1. The van der Waals surface area contributed by atoms with Gasteiger partial charge in [-0.1, -0.05) is 5.16 Å². The molecule has 0 unspecified atom stereocenters. The van der Waals surface area contributed by atoms with Crippen molar-refractivity contribution in [2.24, 2.45) is 0 Å². The second-order valence-corrected chi connectivity index (χ2v) is 5.29. The quantitative estimate of drug-likeness (QED) is 0.761. The minimum Gasteiger partial charge on any atom is -0.384 e. The van der Waals surface area contributed by atoms with Crippen molar-refractivity contribution >= 4 is 17.4 Å². The second-order valence-electron chi connectivity index (χ2n) is 5.29. The van der Waals surface area contributed by atoms with Gasteiger partial charge in [-0.25, -0.2) is 4.98 Å². The van der Waals surface area contributed by atoms with Gasteiger partial charge in [0.1, 0.15) is 11.5 Å². The first-order valence-electron chi connectivity index (χ1n) is 7.14. The van der Waals surface area contributed by atoms with Crippen molar-refractivity contribution in [2.75, 3.05) is 37.8 Å². The van der Waals surface area contributed by atoms with Crippen LogP contribution in [0.2, 0.25) is 0 Å². The largest absolute Gasteiger partial charge is 0.384 e. The fourth-order valence-electron chi connectivity index (χ4n) is 1.87. The number of carbonyl (C=O) groups excluding carboxylic acids is 1. The summed E-state index contributed by atoms with van der Waals surface area (Å²) in [7, 11) is 4.09. The van der Waals surface area contributed by atoms with Gasteiger partial charge in [-0.15, -0.1) is 0 Å². The number of aryl methyl sites for hydroxylation is 1. The summed E-state index contributed by atoms with van der Waals surface area (Å²) in [6.07, 6.45) is 2.69. The van der Waals surface area contributed by atoms with Gasteiger partial charge in [-0.2, -0.15) is 0 Å². The summed E-state index contributed by atoms with van der Waals surface area (Å²) in [5.41, 5.74) is 1.23. The minimum atomic E-state index is -0.313. The number of carbonyl (C=O) groups is 1. The van der Waals surface area contributed by atoms with Gasteiger partial charge in [0, 0.05) is 12.6 Å². The van der Waals surface area contributed by atoms with E-state index in [9.17, 15) is 4.79 Å². The first-order valence-corrected chi connectivity index (χ1v) is 7.14. The predicted molar refractivity (Wildman–Crippen MR) is 85.1 cm³/mol. The Balaban J connectivity index is 1.84. The third-order valence-electron chi connectivity index (χ3n) is 2.98. The number of hydrogen-bond acceptors (Lipinski definition) is 6. The first-order chi connectivity index (χ1) is 10.5. The SMILES string of the molecule is Cc1cc(NC(=O)c2ccc(NCCCN(C)C)cn2)no1. The van der Waals surface area contributed by atoms with Crippen LogP contribution in [0.15, 0.2) is 28.9 Å². The second kappa shape index (κ2) is 7.56. The van der Waals surface area contributed by atoms with Gasteiger partial charge >= 0.3 is 0 Å². The molecule has 0 aliphatic rings. The Morgan fingerprint density at radius 2 is 2.18 bits per heavy atom. The highest BCUT2D eigenvalue weighted by molar-refractivity contribution is 6.02. The number of nitrogens with one attached hydrogen (secondary N) is 2. The van der Waals surface area contributed by atoms with Crippen LogP contribution < -0.4 is 10.6 Å². The maximum Gasteiger partial charge on any atom is 0.275 e. The number of nitrogens with zero attached hydrogens (tertiary/aromatic N) is 3. The van der Waals surface area contributed by atoms with E-state index >= 15 is 0 Å². The molecule has 118 valence electrons. The van der Waals surface area contributed by atoms with Crippen molar-refractivity contribution in [3.8, 4) is 0 Å². The molecule has 0 fully saturated rings. The Bertz CT molecular complexity index is 607. The molecule has 7 heteroatoms. The molecule has 22 heavy (non-hydrogen) atoms. The lowest BCUT2D eigenvalue weighted by molar-refractivity contribution is 0.102. The van der Waals surface area contributed by atoms with E-state index in [0.29, 0.717) is 17.3 Å². The van der Waals surface area contributed by atoms with Crippen LogP contribution in [0, 0.1) is 6.92 Å². The standard InChI is InChI=1S/C15H21N5O2/c1-11-9-14(19-22-11)18-15(21)13-6-5-12(10-17-13)16-7-4-8-20(2)3/h5-6,9-10,16H,4,7-8H2,1-3H3,(H,18,19,21). The minimum absolute atomic E-state index is 0.313. The number of hydrogen-bond donors (Lipinski definition) is 2. The summed E-state index contributed by atoms with van der Waals surface area (Å²) in [5, 5.41) is 9.61. The van der Waals surface area contributed by atoms with Crippen LogP contribution in [0.4, 0.5) is 11.5 Å². The number of pyridine rings is 1. The highest BCUT2D eigenvalue weighted by atomic mass is 16.5. The van der Waals surface area contributed by atoms with Crippen LogP contribution >= 0.6 is 0 Å². The zero-order valence-electron chi connectivity index (χ0n) is 13.1. The zero-order chi connectivity index (χ0) is 15.9. The summed E-state index contributed by atoms with van der Waals surface area (Å²) < 4.78 is 4.89. The number of aromatic nitrogens is 2. The predicted octanol–water partition coefficient (Wildman–Crippen LogP) is 1.99. The lowest BCUT2D eigenvalue weighted by Crippen LogP contribution is -2.17. The summed E-state index contributed by atoms with van der Waals surface area (Å²) in [6.45, 7) is 3.65. The zero-order valence-corrected chi connectivity index (χ0v) is 13.1. The fourth-order valence-corrected chi connectivity index (χ4v) is 1.87. The number of anilines is 2. The Kier molecular flexibility index (Phi) is 5.48. The maximum atomic E-state index is 12.0. The van der Waals surface area contributed by atoms with E-state index < -0.39 is 0 Å². The van der Waals surface area contributed by atoms with Crippen LogP contribution in [-0.4, -0.2) is 48.1 Å². The van der Waals surface area contributed by atoms with E-state index in [1.165, 1.54) is 0 Å². The van der Waals surface area contributed by atoms with E-state index in [-0.39, 0.29) is 5.91 Å². The lowest BCUT2D eigenvalue weighted by atomic mass is 10.3. The maximum absolute atomic E-state index is 12.0. The van der Waals surface area contributed by atoms with Crippen LogP contribution in [0.5, 0.6) is 0 Å². The van der Waals surface area contributed by atoms with Gasteiger partial charge in [0.05, 0.1) is 11.9 Å². The summed E-state index contributed by atoms with van der Waals surface area (Å²) in [6, 6.07) is 5.17. The molecule has 0 saturated heterocycles. The molecule has 0 aliphatic carbocycles. The van der Waals surface area contributed by atoms with Crippen molar-refractivity contribution < 1.29 is 9.32 Å². The van der Waals surface area contributed by atoms with Crippen LogP contribution in [-0.2, 0) is 0 Å². The summed E-state index contributed by atoms with van der Waals surface area (Å²) >= 11 is 0. The fraction of sp³-hybridized carbons (Fsp3) is 0.400. The van der Waals surface area contributed by atoms with Crippen molar-refractivity contribution in [3.05, 3.63) is 35.9 Å². The Morgan fingerprint density at radius 3 is 2.77 bits per heavy atom. The van der Waals surface area contributed by atoms with Crippen LogP contribution in [0.1, 0.15) is 22.7 Å². The topological polar surface area (TPSA) is 83.3 Å². The third kappa shape index (κ3) is 4.85. The molecule has 2 aromatic heterocycles. The molecule has 0 atom stereocenters. The van der Waals surface area contributed by atoms with Crippen molar-refractivity contribution in [1.82, 2.24) is 15.0 Å². The average molecular weight is 303 g/mol. The average Bonchev–Trinajstić information content (AvgIpc) is 2.89. The first kappa shape index (κ1) is 16.0. The molecular formula is C15H21N5O2. The number of rotatable bonds is 7. The smallest absolute Gasteiger partial charge is 0.275 e. The normalized spacial score (nSPS) is 10.7. The summed E-state index contributed by atoms with van der Waals surface area (Å²) in [4.78, 5) is 18.3. The molecule has 0 aromatic carbocycles. The Hall–Kier alpha value is -2.41. The van der Waals surface area contributed by atoms with Gasteiger partial charge < -0.3 is 20.1 Å². The van der Waals surface area contributed by atoms with E-state index in [2.05, 4.69) is 25.7 Å². The molecule has 0 radical (unpaired) electrons. The van der Waals surface area contributed by atoms with Crippen LogP contribution in [0.3, 0.4) is 0 Å². The van der Waals surface area contributed by atoms with Crippen molar-refractivity contribution in [3.63, 3.8) is 0 Å². The third-order valence-corrected chi connectivity index (χ3v) is 2.98. The Morgan fingerprint density at radius 1 is 1.36 bits per heavy atom. The lowest BCUT2D eigenvalue weighted by Gasteiger charge is -2.10. The molecule has 0 spiro atoms. The van der Waals surface area contributed by atoms with Gasteiger partial charge in [-0.3, -0.25) is 4.79 Å². The van der Waals surface area contributed by atoms with Gasteiger partial charge in [-0.05, 0) is 46.1 Å². The Labute approximate surface area is 129 Å². The van der Waals surface area contributed by atoms with Crippen molar-refractivity contribution in [2.45, 2.75) is 13.3 Å². The van der Waals surface area contributed by atoms with E-state index in [4.69, 9.17) is 4.52 Å². The van der Waals surface area contributed by atoms with E-state index in [1.54, 1.807) is 25.3 Å². The molecular weight excluding hydrogens is 282 g/mol. The molecule has 2 aromatic rings. The van der Waals surface area contributed by atoms with E-state index in [1.807, 2.05) is 20.2 Å². The monoisotopic (exact) mass is 303 g/mol. The van der Waals surface area contributed by atoms with Crippen molar-refractivity contribution in [1.29, 1.82) is 0 Å². The molecule has 7 nitrogen and oxygen atoms in total. The van der Waals surface area contributed by atoms with Crippen LogP contribution in [0.25, 0.3) is 0 Å². The molecule has 0 bridgehead atoms. The van der Waals surface area contributed by atoms with Gasteiger partial charge in [0.25, 0.3) is 5.91 Å². The molecule has 0 saturated carbocycles. The van der Waals surface area contributed by atoms with Gasteiger partial charge in [0.2, 0.25) is 0 Å². The summed E-state index contributed by atoms with van der Waals surface area (Å²) in [5.74, 6) is 0.711. The molecule has 0 aliphatic heterocycles. The molecule has 2 rings (SSSR count). The highest BCUT2D eigenvalue weighted by Gasteiger charge is 2.10. The molecule has 1 amide bonds. The molecule has 2 N–H and O–H groups in total. The highest BCUT2D eigenvalue weighted by Crippen LogP contribution is 2.10. The van der Waals surface area contributed by atoms with Gasteiger partial charge in [0.15, 0.2) is 5.82 Å². The molecule has 2 heterocycles. The van der Waals surface area contributed by atoms with E-state index in [0.717, 1.165) is 25.2 Å².